The number of carboxylic acids is 1. The van der Waals surface area contributed by atoms with Gasteiger partial charge in [-0.2, -0.15) is 0 Å². The highest BCUT2D eigenvalue weighted by molar-refractivity contribution is 5.71. The summed E-state index contributed by atoms with van der Waals surface area (Å²) in [6.45, 7) is 4.29. The van der Waals surface area contributed by atoms with Crippen molar-refractivity contribution in [2.75, 3.05) is 41.0 Å². The molecule has 0 amide bonds. The lowest BCUT2D eigenvalue weighted by Crippen LogP contribution is -2.55. The Hall–Kier alpha value is -3.49. The van der Waals surface area contributed by atoms with Gasteiger partial charge in [0.25, 0.3) is 0 Å². The van der Waals surface area contributed by atoms with Crippen LogP contribution in [-0.4, -0.2) is 75.5 Å². The summed E-state index contributed by atoms with van der Waals surface area (Å²) in [6.07, 6.45) is 49.4. The largest absolute Gasteiger partial charge is 0.544 e. The minimum atomic E-state index is -1.14. The summed E-state index contributed by atoms with van der Waals surface area (Å²) < 4.78 is 17.0. The number of rotatable bonds is 37. The summed E-state index contributed by atoms with van der Waals surface area (Å²) >= 11 is 0. The van der Waals surface area contributed by atoms with Crippen LogP contribution in [0.1, 0.15) is 149 Å². The van der Waals surface area contributed by atoms with Crippen molar-refractivity contribution in [1.82, 2.24) is 0 Å². The SMILES string of the molecule is CC/C=C/C/C=C/C/C=C/C/C=C/CCCCCCCCCCCCC(=O)OC(COCCC(C(=O)[O-])[N+](C)(C)C)COC(=O)C/C=C/C/C=C/C/C=C/CC. The Labute approximate surface area is 342 Å². The zero-order valence-electron chi connectivity index (χ0n) is 36.0. The van der Waals surface area contributed by atoms with Crippen LogP contribution in [0.25, 0.3) is 0 Å². The molecule has 0 saturated carbocycles. The third kappa shape index (κ3) is 36.2. The molecular formula is C48H79NO7. The van der Waals surface area contributed by atoms with Gasteiger partial charge in [0.15, 0.2) is 6.10 Å². The fourth-order valence-electron chi connectivity index (χ4n) is 5.77. The van der Waals surface area contributed by atoms with Crippen molar-refractivity contribution in [3.63, 3.8) is 0 Å². The standard InChI is InChI=1S/C48H79NO7/c1-6-8-10-12-14-16-17-18-19-20-21-22-23-24-25-26-27-28-29-31-33-35-37-39-47(51)56-44(42-54-41-40-45(48(52)53)49(3,4)5)43-55-46(50)38-36-34-32-30-15-13-11-9-7-2/h8-11,14-16,18-19,21-22,30,34,36,44-45H,6-7,12-13,17,20,23-29,31-33,35,37-43H2,1-5H3/b10-8+,11-9+,16-14+,19-18+,22-21+,30-15+,36-34+. The van der Waals surface area contributed by atoms with E-state index in [1.54, 1.807) is 27.2 Å². The maximum atomic E-state index is 12.7. The summed E-state index contributed by atoms with van der Waals surface area (Å²) in [5.74, 6) is -1.90. The number of nitrogens with zero attached hydrogens (tertiary/aromatic N) is 1. The normalized spacial score (nSPS) is 13.8. The number of hydrogen-bond acceptors (Lipinski definition) is 7. The van der Waals surface area contributed by atoms with Gasteiger partial charge < -0.3 is 28.6 Å². The first kappa shape index (κ1) is 52.5. The van der Waals surface area contributed by atoms with Crippen LogP contribution in [0.2, 0.25) is 0 Å². The van der Waals surface area contributed by atoms with Crippen molar-refractivity contribution in [3.8, 4) is 0 Å². The summed E-state index contributed by atoms with van der Waals surface area (Å²) in [5, 5.41) is 11.6. The summed E-state index contributed by atoms with van der Waals surface area (Å²) in [4.78, 5) is 36.7. The van der Waals surface area contributed by atoms with E-state index in [1.807, 2.05) is 6.08 Å². The number of esters is 2. The van der Waals surface area contributed by atoms with Gasteiger partial charge in [0, 0.05) is 12.8 Å². The molecule has 8 nitrogen and oxygen atoms in total. The smallest absolute Gasteiger partial charge is 0.309 e. The van der Waals surface area contributed by atoms with Crippen LogP contribution in [0, 0.1) is 0 Å². The number of likely N-dealkylation sites (N-methyl/N-ethyl adjacent to an activating group) is 1. The minimum Gasteiger partial charge on any atom is -0.544 e. The predicted octanol–water partition coefficient (Wildman–Crippen LogP) is 10.4. The number of allylic oxidation sites excluding steroid dienone is 13. The van der Waals surface area contributed by atoms with Crippen molar-refractivity contribution in [2.24, 2.45) is 0 Å². The lowest BCUT2D eigenvalue weighted by molar-refractivity contribution is -0.889. The molecule has 0 rings (SSSR count). The molecule has 2 unspecified atom stereocenters. The first-order chi connectivity index (χ1) is 27.1. The first-order valence-electron chi connectivity index (χ1n) is 21.6. The number of ether oxygens (including phenoxy) is 3. The molecule has 0 aliphatic heterocycles. The minimum absolute atomic E-state index is 0.00742. The molecule has 0 radical (unpaired) electrons. The van der Waals surface area contributed by atoms with Crippen LogP contribution in [0.4, 0.5) is 0 Å². The number of unbranched alkanes of at least 4 members (excludes halogenated alkanes) is 10. The molecule has 0 saturated heterocycles. The van der Waals surface area contributed by atoms with Crippen molar-refractivity contribution < 1.29 is 38.2 Å². The average Bonchev–Trinajstić information content (AvgIpc) is 3.15. The Morgan fingerprint density at radius 3 is 1.48 bits per heavy atom. The molecule has 0 aromatic heterocycles. The second-order valence-corrected chi connectivity index (χ2v) is 15.2. The molecule has 0 fully saturated rings. The third-order valence-electron chi connectivity index (χ3n) is 9.06. The molecule has 8 heteroatoms. The van der Waals surface area contributed by atoms with Gasteiger partial charge in [-0.05, 0) is 64.2 Å². The maximum absolute atomic E-state index is 12.7. The monoisotopic (exact) mass is 782 g/mol. The van der Waals surface area contributed by atoms with Crippen LogP contribution < -0.4 is 5.11 Å². The Balaban J connectivity index is 4.29. The van der Waals surface area contributed by atoms with Crippen LogP contribution in [0.15, 0.2) is 85.1 Å². The number of hydrogen-bond donors (Lipinski definition) is 0. The molecule has 0 aromatic rings. The molecule has 0 heterocycles. The van der Waals surface area contributed by atoms with Gasteiger partial charge in [0.1, 0.15) is 12.6 Å². The Kier molecular flexibility index (Phi) is 36.0. The fourth-order valence-corrected chi connectivity index (χ4v) is 5.77. The van der Waals surface area contributed by atoms with Gasteiger partial charge in [-0.25, -0.2) is 0 Å². The molecular weight excluding hydrogens is 703 g/mol. The molecule has 0 aromatic carbocycles. The molecule has 0 bridgehead atoms. The van der Waals surface area contributed by atoms with Crippen molar-refractivity contribution in [2.45, 2.75) is 161 Å². The van der Waals surface area contributed by atoms with Crippen LogP contribution in [0.5, 0.6) is 0 Å². The molecule has 0 N–H and O–H groups in total. The second-order valence-electron chi connectivity index (χ2n) is 15.2. The highest BCUT2D eigenvalue weighted by atomic mass is 16.6. The van der Waals surface area contributed by atoms with Crippen molar-refractivity contribution in [3.05, 3.63) is 85.1 Å². The number of carboxylic acid groups (broad SMARTS) is 1. The Bertz CT molecular complexity index is 1190. The highest BCUT2D eigenvalue weighted by Crippen LogP contribution is 2.14. The van der Waals surface area contributed by atoms with E-state index < -0.39 is 24.1 Å². The van der Waals surface area contributed by atoms with Crippen molar-refractivity contribution >= 4 is 17.9 Å². The van der Waals surface area contributed by atoms with Gasteiger partial charge in [-0.3, -0.25) is 9.59 Å². The van der Waals surface area contributed by atoms with Gasteiger partial charge in [0.2, 0.25) is 0 Å². The number of aliphatic carboxylic acids is 1. The molecule has 318 valence electrons. The number of carbonyl (C=O) groups is 3. The molecule has 2 atom stereocenters. The number of carbonyl (C=O) groups excluding carboxylic acids is 3. The molecule has 0 spiro atoms. The van der Waals surface area contributed by atoms with E-state index in [9.17, 15) is 19.5 Å². The Morgan fingerprint density at radius 1 is 0.554 bits per heavy atom. The Morgan fingerprint density at radius 2 is 1.00 bits per heavy atom. The van der Waals surface area contributed by atoms with Crippen LogP contribution in [0.3, 0.4) is 0 Å². The van der Waals surface area contributed by atoms with Crippen LogP contribution >= 0.6 is 0 Å². The van der Waals surface area contributed by atoms with E-state index in [2.05, 4.69) is 86.8 Å². The predicted molar refractivity (Wildman–Crippen MR) is 231 cm³/mol. The summed E-state index contributed by atoms with van der Waals surface area (Å²) in [6, 6.07) is -0.740. The molecule has 0 aliphatic rings. The average molecular weight is 782 g/mol. The third-order valence-corrected chi connectivity index (χ3v) is 9.06. The molecule has 0 aliphatic carbocycles. The fraction of sp³-hybridized carbons (Fsp3) is 0.646. The van der Waals surface area contributed by atoms with E-state index in [-0.39, 0.29) is 43.1 Å². The summed E-state index contributed by atoms with van der Waals surface area (Å²) in [5.41, 5.74) is 0. The van der Waals surface area contributed by atoms with E-state index in [0.29, 0.717) is 6.42 Å². The van der Waals surface area contributed by atoms with Gasteiger partial charge in [-0.15, -0.1) is 0 Å². The van der Waals surface area contributed by atoms with Crippen LogP contribution in [-0.2, 0) is 28.6 Å². The highest BCUT2D eigenvalue weighted by Gasteiger charge is 2.25. The quantitative estimate of drug-likeness (QED) is 0.0268. The topological polar surface area (TPSA) is 102 Å². The van der Waals surface area contributed by atoms with E-state index in [1.165, 1.54) is 44.9 Å². The second kappa shape index (κ2) is 38.4. The lowest BCUT2D eigenvalue weighted by Gasteiger charge is -2.34. The van der Waals surface area contributed by atoms with E-state index in [0.717, 1.165) is 70.6 Å². The van der Waals surface area contributed by atoms with Gasteiger partial charge >= 0.3 is 11.9 Å². The lowest BCUT2D eigenvalue weighted by atomic mass is 10.0. The first-order valence-corrected chi connectivity index (χ1v) is 21.6. The van der Waals surface area contributed by atoms with E-state index in [4.69, 9.17) is 14.2 Å². The zero-order valence-corrected chi connectivity index (χ0v) is 36.0. The maximum Gasteiger partial charge on any atom is 0.309 e. The number of quaternary nitrogens is 1. The van der Waals surface area contributed by atoms with Gasteiger partial charge in [0.05, 0.1) is 46.7 Å². The van der Waals surface area contributed by atoms with E-state index >= 15 is 0 Å². The zero-order chi connectivity index (χ0) is 41.4. The molecule has 56 heavy (non-hydrogen) atoms. The van der Waals surface area contributed by atoms with Gasteiger partial charge in [-0.1, -0.05) is 150 Å². The summed E-state index contributed by atoms with van der Waals surface area (Å²) in [7, 11) is 5.37. The van der Waals surface area contributed by atoms with Crippen molar-refractivity contribution in [1.29, 1.82) is 0 Å².